The van der Waals surface area contributed by atoms with Gasteiger partial charge in [0.2, 0.25) is 0 Å². The van der Waals surface area contributed by atoms with E-state index >= 15 is 0 Å². The lowest BCUT2D eigenvalue weighted by atomic mass is 9.73. The van der Waals surface area contributed by atoms with E-state index < -0.39 is 0 Å². The molecule has 0 amide bonds. The van der Waals surface area contributed by atoms with Crippen molar-refractivity contribution in [3.05, 3.63) is 47.5 Å². The predicted octanol–water partition coefficient (Wildman–Crippen LogP) is 5.26. The largest absolute Gasteiger partial charge is 0.494 e. The molecule has 4 rings (SSSR count). The molecule has 3 heteroatoms. The van der Waals surface area contributed by atoms with Gasteiger partial charge >= 0.3 is 0 Å². The van der Waals surface area contributed by atoms with Gasteiger partial charge in [0.1, 0.15) is 17.2 Å². The lowest BCUT2D eigenvalue weighted by Gasteiger charge is -2.50. The zero-order valence-electron chi connectivity index (χ0n) is 14.9. The summed E-state index contributed by atoms with van der Waals surface area (Å²) in [4.78, 5) is 2.51. The molecule has 24 heavy (non-hydrogen) atoms. The van der Waals surface area contributed by atoms with Gasteiger partial charge in [0.05, 0.1) is 12.6 Å². The molecule has 0 radical (unpaired) electrons. The van der Waals surface area contributed by atoms with Gasteiger partial charge in [-0.05, 0) is 56.4 Å². The van der Waals surface area contributed by atoms with Crippen LogP contribution >= 0.6 is 0 Å². The molecule has 3 nitrogen and oxygen atoms in total. The van der Waals surface area contributed by atoms with E-state index in [2.05, 4.69) is 62.1 Å². The van der Waals surface area contributed by atoms with E-state index in [0.29, 0.717) is 5.92 Å². The Morgan fingerprint density at radius 2 is 2.00 bits per heavy atom. The number of hydrogen-bond acceptors (Lipinski definition) is 3. The summed E-state index contributed by atoms with van der Waals surface area (Å²) in [6.07, 6.45) is 2.42. The van der Waals surface area contributed by atoms with Gasteiger partial charge < -0.3 is 14.4 Å². The number of anilines is 1. The van der Waals surface area contributed by atoms with Crippen LogP contribution < -0.4 is 14.4 Å². The summed E-state index contributed by atoms with van der Waals surface area (Å²) in [5.41, 5.74) is 3.42. The van der Waals surface area contributed by atoms with Crippen molar-refractivity contribution in [2.24, 2.45) is 5.92 Å². The number of fused-ring (bicyclic) bond motifs is 5. The Bertz CT molecular complexity index is 785. The Balaban J connectivity index is 2.04. The van der Waals surface area contributed by atoms with Crippen molar-refractivity contribution in [3.63, 3.8) is 0 Å². The molecule has 0 aliphatic carbocycles. The molecule has 1 saturated heterocycles. The smallest absolute Gasteiger partial charge is 0.154 e. The van der Waals surface area contributed by atoms with Crippen LogP contribution in [0.4, 0.5) is 5.69 Å². The third kappa shape index (κ3) is 2.03. The summed E-state index contributed by atoms with van der Waals surface area (Å²) in [6, 6.07) is 12.7. The third-order valence-electron chi connectivity index (χ3n) is 5.87. The fourth-order valence-corrected chi connectivity index (χ4v) is 4.39. The SMILES string of the molecule is COc1cc(C)cc2c1N1CCC[C@H](C)[C@@]1(C)c1ccccc1O2. The van der Waals surface area contributed by atoms with Gasteiger partial charge in [-0.3, -0.25) is 0 Å². The average molecular weight is 323 g/mol. The Morgan fingerprint density at radius 3 is 2.79 bits per heavy atom. The van der Waals surface area contributed by atoms with Crippen molar-refractivity contribution < 1.29 is 9.47 Å². The van der Waals surface area contributed by atoms with Gasteiger partial charge in [-0.2, -0.15) is 0 Å². The molecule has 0 spiro atoms. The van der Waals surface area contributed by atoms with Crippen LogP contribution in [0.3, 0.4) is 0 Å². The summed E-state index contributed by atoms with van der Waals surface area (Å²) in [5.74, 6) is 3.30. The van der Waals surface area contributed by atoms with Crippen LogP contribution in [-0.2, 0) is 5.54 Å². The standard InChI is InChI=1S/C21H25NO2/c1-14-12-18(23-4)20-19(13-14)24-17-10-6-5-9-16(17)21(3)15(2)8-7-11-22(20)21/h5-6,9-10,12-13,15H,7-8,11H2,1-4H3/t15-,21-/m0/s1. The number of benzene rings is 2. The number of para-hydroxylation sites is 1. The Labute approximate surface area is 144 Å². The van der Waals surface area contributed by atoms with Crippen LogP contribution in [0.15, 0.2) is 36.4 Å². The van der Waals surface area contributed by atoms with E-state index in [1.807, 2.05) is 0 Å². The fourth-order valence-electron chi connectivity index (χ4n) is 4.39. The topological polar surface area (TPSA) is 21.7 Å². The van der Waals surface area contributed by atoms with Crippen molar-refractivity contribution in [3.8, 4) is 17.2 Å². The highest BCUT2D eigenvalue weighted by Gasteiger charge is 2.46. The average Bonchev–Trinajstić information content (AvgIpc) is 2.68. The van der Waals surface area contributed by atoms with Crippen molar-refractivity contribution >= 4 is 5.69 Å². The molecule has 126 valence electrons. The zero-order chi connectivity index (χ0) is 16.9. The summed E-state index contributed by atoms with van der Waals surface area (Å²) >= 11 is 0. The molecule has 2 aliphatic heterocycles. The molecule has 2 heterocycles. The first-order valence-electron chi connectivity index (χ1n) is 8.79. The number of hydrogen-bond donors (Lipinski definition) is 0. The predicted molar refractivity (Wildman–Crippen MR) is 97.3 cm³/mol. The minimum absolute atomic E-state index is 0.0946. The second kappa shape index (κ2) is 5.44. The normalized spacial score (nSPS) is 25.0. The molecule has 0 bridgehead atoms. The van der Waals surface area contributed by atoms with Crippen LogP contribution in [0.1, 0.15) is 37.8 Å². The van der Waals surface area contributed by atoms with Crippen LogP contribution in [0, 0.1) is 12.8 Å². The lowest BCUT2D eigenvalue weighted by molar-refractivity contribution is 0.237. The summed E-state index contributed by atoms with van der Waals surface area (Å²) < 4.78 is 12.2. The molecule has 0 unspecified atom stereocenters. The van der Waals surface area contributed by atoms with Gasteiger partial charge in [-0.1, -0.05) is 25.1 Å². The highest BCUT2D eigenvalue weighted by atomic mass is 16.5. The zero-order valence-corrected chi connectivity index (χ0v) is 14.9. The number of ether oxygens (including phenoxy) is 2. The highest BCUT2D eigenvalue weighted by molar-refractivity contribution is 5.74. The Morgan fingerprint density at radius 1 is 1.21 bits per heavy atom. The molecule has 2 aromatic carbocycles. The van der Waals surface area contributed by atoms with Gasteiger partial charge in [0.25, 0.3) is 0 Å². The van der Waals surface area contributed by atoms with Crippen LogP contribution in [-0.4, -0.2) is 13.7 Å². The fraction of sp³-hybridized carbons (Fsp3) is 0.429. The van der Waals surface area contributed by atoms with E-state index in [1.54, 1.807) is 7.11 Å². The number of methoxy groups -OCH3 is 1. The maximum Gasteiger partial charge on any atom is 0.154 e. The van der Waals surface area contributed by atoms with Gasteiger partial charge in [0.15, 0.2) is 5.75 Å². The molecule has 2 aromatic rings. The highest BCUT2D eigenvalue weighted by Crippen LogP contribution is 2.55. The molecule has 0 N–H and O–H groups in total. The molecule has 1 fully saturated rings. The van der Waals surface area contributed by atoms with E-state index in [0.717, 1.165) is 35.0 Å². The van der Waals surface area contributed by atoms with Gasteiger partial charge in [0, 0.05) is 12.1 Å². The van der Waals surface area contributed by atoms with Crippen molar-refractivity contribution in [1.29, 1.82) is 0 Å². The number of rotatable bonds is 1. The quantitative estimate of drug-likeness (QED) is 0.714. The molecule has 2 aliphatic rings. The first-order chi connectivity index (χ1) is 11.6. The first-order valence-corrected chi connectivity index (χ1v) is 8.79. The Kier molecular flexibility index (Phi) is 3.48. The summed E-state index contributed by atoms with van der Waals surface area (Å²) in [7, 11) is 1.75. The second-order valence-corrected chi connectivity index (χ2v) is 7.25. The monoisotopic (exact) mass is 323 g/mol. The minimum Gasteiger partial charge on any atom is -0.494 e. The summed E-state index contributed by atoms with van der Waals surface area (Å²) in [6.45, 7) is 7.81. The van der Waals surface area contributed by atoms with E-state index in [9.17, 15) is 0 Å². The van der Waals surface area contributed by atoms with Crippen LogP contribution in [0.5, 0.6) is 17.2 Å². The maximum absolute atomic E-state index is 6.41. The van der Waals surface area contributed by atoms with Crippen molar-refractivity contribution in [1.82, 2.24) is 0 Å². The molecular formula is C21H25NO2. The molecule has 0 saturated carbocycles. The van der Waals surface area contributed by atoms with E-state index in [-0.39, 0.29) is 5.54 Å². The lowest BCUT2D eigenvalue weighted by Crippen LogP contribution is -2.52. The third-order valence-corrected chi connectivity index (χ3v) is 5.87. The van der Waals surface area contributed by atoms with Crippen LogP contribution in [0.2, 0.25) is 0 Å². The number of nitrogens with zero attached hydrogens (tertiary/aromatic N) is 1. The van der Waals surface area contributed by atoms with E-state index in [1.165, 1.54) is 18.4 Å². The summed E-state index contributed by atoms with van der Waals surface area (Å²) in [5, 5.41) is 0. The molecule has 2 atom stereocenters. The maximum atomic E-state index is 6.41. The van der Waals surface area contributed by atoms with Gasteiger partial charge in [-0.15, -0.1) is 0 Å². The molecular weight excluding hydrogens is 298 g/mol. The van der Waals surface area contributed by atoms with Crippen molar-refractivity contribution in [2.45, 2.75) is 39.2 Å². The van der Waals surface area contributed by atoms with Crippen molar-refractivity contribution in [2.75, 3.05) is 18.6 Å². The molecule has 0 aromatic heterocycles. The van der Waals surface area contributed by atoms with Crippen LogP contribution in [0.25, 0.3) is 0 Å². The first kappa shape index (κ1) is 15.4. The van der Waals surface area contributed by atoms with Gasteiger partial charge in [-0.25, -0.2) is 0 Å². The second-order valence-electron chi connectivity index (χ2n) is 7.25. The minimum atomic E-state index is -0.0946. The Hall–Kier alpha value is -2.16. The van der Waals surface area contributed by atoms with E-state index in [4.69, 9.17) is 9.47 Å². The number of piperidine rings is 1. The number of aryl methyl sites for hydroxylation is 1.